The molecular formula is C15H25N3S. The Morgan fingerprint density at radius 2 is 2.37 bits per heavy atom. The average molecular weight is 279 g/mol. The lowest BCUT2D eigenvalue weighted by Gasteiger charge is -2.21. The van der Waals surface area contributed by atoms with Crippen LogP contribution in [0.5, 0.6) is 0 Å². The summed E-state index contributed by atoms with van der Waals surface area (Å²) in [7, 11) is 2.13. The molecule has 19 heavy (non-hydrogen) atoms. The third kappa shape index (κ3) is 5.23. The number of rotatable bonds is 7. The van der Waals surface area contributed by atoms with Crippen LogP contribution in [0.4, 0.5) is 0 Å². The van der Waals surface area contributed by atoms with Crippen molar-refractivity contribution in [3.8, 4) is 0 Å². The molecule has 4 heteroatoms. The van der Waals surface area contributed by atoms with E-state index in [1.807, 2.05) is 11.3 Å². The Bertz CT molecular complexity index is 382. The average Bonchev–Trinajstić information content (AvgIpc) is 3.08. The van der Waals surface area contributed by atoms with E-state index in [-0.39, 0.29) is 0 Å². The van der Waals surface area contributed by atoms with Gasteiger partial charge in [0.2, 0.25) is 0 Å². The SMILES string of the molecule is CCNC(=NCCC1CC1)N(C)CCc1cccs1. The fraction of sp³-hybridized carbons (Fsp3) is 0.667. The Morgan fingerprint density at radius 3 is 3.00 bits per heavy atom. The van der Waals surface area contributed by atoms with Crippen molar-refractivity contribution in [2.45, 2.75) is 32.6 Å². The Morgan fingerprint density at radius 1 is 1.53 bits per heavy atom. The third-order valence-electron chi connectivity index (χ3n) is 3.47. The molecule has 0 aliphatic heterocycles. The van der Waals surface area contributed by atoms with Crippen molar-refractivity contribution in [1.29, 1.82) is 0 Å². The number of hydrogen-bond acceptors (Lipinski definition) is 2. The maximum Gasteiger partial charge on any atom is 0.193 e. The third-order valence-corrected chi connectivity index (χ3v) is 4.40. The van der Waals surface area contributed by atoms with Crippen LogP contribution in [0, 0.1) is 5.92 Å². The molecule has 1 heterocycles. The molecule has 0 bridgehead atoms. The summed E-state index contributed by atoms with van der Waals surface area (Å²) in [5, 5.41) is 5.53. The molecule has 0 amide bonds. The molecule has 106 valence electrons. The highest BCUT2D eigenvalue weighted by atomic mass is 32.1. The van der Waals surface area contributed by atoms with Crippen LogP contribution in [0.15, 0.2) is 22.5 Å². The van der Waals surface area contributed by atoms with E-state index < -0.39 is 0 Å². The van der Waals surface area contributed by atoms with Crippen molar-refractivity contribution in [1.82, 2.24) is 10.2 Å². The summed E-state index contributed by atoms with van der Waals surface area (Å²) in [4.78, 5) is 8.42. The van der Waals surface area contributed by atoms with Crippen molar-refractivity contribution in [3.05, 3.63) is 22.4 Å². The van der Waals surface area contributed by atoms with Gasteiger partial charge >= 0.3 is 0 Å². The van der Waals surface area contributed by atoms with E-state index in [9.17, 15) is 0 Å². The lowest BCUT2D eigenvalue weighted by atomic mass is 10.3. The van der Waals surface area contributed by atoms with E-state index in [2.05, 4.69) is 41.7 Å². The second-order valence-corrected chi connectivity index (χ2v) is 6.25. The standard InChI is InChI=1S/C15H25N3S/c1-3-16-15(17-10-8-13-6-7-13)18(2)11-9-14-5-4-12-19-14/h4-5,12-13H,3,6-11H2,1-2H3,(H,16,17). The van der Waals surface area contributed by atoms with E-state index in [0.29, 0.717) is 0 Å². The maximum absolute atomic E-state index is 4.73. The van der Waals surface area contributed by atoms with Crippen LogP contribution < -0.4 is 5.32 Å². The topological polar surface area (TPSA) is 27.6 Å². The lowest BCUT2D eigenvalue weighted by molar-refractivity contribution is 0.486. The summed E-state index contributed by atoms with van der Waals surface area (Å²) in [5.41, 5.74) is 0. The van der Waals surface area contributed by atoms with Crippen LogP contribution in [0.1, 0.15) is 31.1 Å². The molecule has 0 spiro atoms. The molecule has 2 rings (SSSR count). The number of nitrogens with one attached hydrogen (secondary N) is 1. The number of nitrogens with zero attached hydrogens (tertiary/aromatic N) is 2. The van der Waals surface area contributed by atoms with Gasteiger partial charge in [-0.1, -0.05) is 18.9 Å². The molecule has 1 aliphatic carbocycles. The zero-order valence-electron chi connectivity index (χ0n) is 12.1. The fourth-order valence-electron chi connectivity index (χ4n) is 2.07. The van der Waals surface area contributed by atoms with Gasteiger partial charge in [-0.2, -0.15) is 0 Å². The predicted octanol–water partition coefficient (Wildman–Crippen LogP) is 2.99. The van der Waals surface area contributed by atoms with Crippen molar-refractivity contribution in [2.24, 2.45) is 10.9 Å². The summed E-state index contributed by atoms with van der Waals surface area (Å²) < 4.78 is 0. The number of likely N-dealkylation sites (N-methyl/N-ethyl adjacent to an activating group) is 1. The first-order valence-corrected chi connectivity index (χ1v) is 8.19. The van der Waals surface area contributed by atoms with Crippen LogP contribution in [-0.2, 0) is 6.42 Å². The Kier molecular flexibility index (Phi) is 5.70. The molecule has 0 saturated heterocycles. The first-order valence-electron chi connectivity index (χ1n) is 7.31. The van der Waals surface area contributed by atoms with Gasteiger partial charge in [0.05, 0.1) is 0 Å². The van der Waals surface area contributed by atoms with Crippen LogP contribution >= 0.6 is 11.3 Å². The monoisotopic (exact) mass is 279 g/mol. The minimum Gasteiger partial charge on any atom is -0.357 e. The first-order chi connectivity index (χ1) is 9.29. The zero-order chi connectivity index (χ0) is 13.5. The van der Waals surface area contributed by atoms with Gasteiger partial charge in [-0.05, 0) is 37.1 Å². The summed E-state index contributed by atoms with van der Waals surface area (Å²) >= 11 is 1.83. The van der Waals surface area contributed by atoms with Gasteiger partial charge < -0.3 is 10.2 Å². The molecule has 1 fully saturated rings. The lowest BCUT2D eigenvalue weighted by Crippen LogP contribution is -2.40. The number of guanidine groups is 1. The highest BCUT2D eigenvalue weighted by Gasteiger charge is 2.20. The van der Waals surface area contributed by atoms with Crippen LogP contribution in [-0.4, -0.2) is 37.5 Å². The molecule has 3 nitrogen and oxygen atoms in total. The van der Waals surface area contributed by atoms with Crippen molar-refractivity contribution in [2.75, 3.05) is 26.7 Å². The zero-order valence-corrected chi connectivity index (χ0v) is 12.9. The molecule has 1 aromatic heterocycles. The summed E-state index contributed by atoms with van der Waals surface area (Å²) in [6.45, 7) is 5.06. The number of aliphatic imine (C=N–C) groups is 1. The minimum absolute atomic E-state index is 0.936. The van der Waals surface area contributed by atoms with Crippen molar-refractivity contribution < 1.29 is 0 Å². The largest absolute Gasteiger partial charge is 0.357 e. The molecular weight excluding hydrogens is 254 g/mol. The van der Waals surface area contributed by atoms with E-state index in [4.69, 9.17) is 4.99 Å². The van der Waals surface area contributed by atoms with Gasteiger partial charge in [-0.3, -0.25) is 4.99 Å². The molecule has 0 atom stereocenters. The molecule has 1 N–H and O–H groups in total. The second kappa shape index (κ2) is 7.53. The minimum atomic E-state index is 0.936. The first kappa shape index (κ1) is 14.4. The van der Waals surface area contributed by atoms with Crippen LogP contribution in [0.3, 0.4) is 0 Å². The Hall–Kier alpha value is -1.03. The smallest absolute Gasteiger partial charge is 0.193 e. The van der Waals surface area contributed by atoms with Crippen molar-refractivity contribution in [3.63, 3.8) is 0 Å². The quantitative estimate of drug-likeness (QED) is 0.614. The van der Waals surface area contributed by atoms with E-state index in [0.717, 1.165) is 37.9 Å². The number of hydrogen-bond donors (Lipinski definition) is 1. The molecule has 0 aromatic carbocycles. The summed E-state index contributed by atoms with van der Waals surface area (Å²) in [5.74, 6) is 2.02. The van der Waals surface area contributed by atoms with Crippen molar-refractivity contribution >= 4 is 17.3 Å². The van der Waals surface area contributed by atoms with Gasteiger partial charge in [-0.25, -0.2) is 0 Å². The molecule has 1 aliphatic rings. The van der Waals surface area contributed by atoms with Crippen LogP contribution in [0.25, 0.3) is 0 Å². The van der Waals surface area contributed by atoms with E-state index >= 15 is 0 Å². The molecule has 1 saturated carbocycles. The normalized spacial score (nSPS) is 15.6. The predicted molar refractivity (Wildman–Crippen MR) is 84.0 cm³/mol. The summed E-state index contributed by atoms with van der Waals surface area (Å²) in [6.07, 6.45) is 5.19. The van der Waals surface area contributed by atoms with Gasteiger partial charge in [0, 0.05) is 31.6 Å². The highest BCUT2D eigenvalue weighted by Crippen LogP contribution is 2.32. The summed E-state index contributed by atoms with van der Waals surface area (Å²) in [6, 6.07) is 4.32. The number of thiophene rings is 1. The Balaban J connectivity index is 1.78. The molecule has 0 unspecified atom stereocenters. The van der Waals surface area contributed by atoms with Gasteiger partial charge in [-0.15, -0.1) is 11.3 Å². The maximum atomic E-state index is 4.73. The van der Waals surface area contributed by atoms with Gasteiger partial charge in [0.15, 0.2) is 5.96 Å². The highest BCUT2D eigenvalue weighted by molar-refractivity contribution is 7.09. The second-order valence-electron chi connectivity index (χ2n) is 5.22. The van der Waals surface area contributed by atoms with Crippen LogP contribution in [0.2, 0.25) is 0 Å². The molecule has 1 aromatic rings. The molecule has 0 radical (unpaired) electrons. The van der Waals surface area contributed by atoms with Gasteiger partial charge in [0.1, 0.15) is 0 Å². The van der Waals surface area contributed by atoms with E-state index in [1.54, 1.807) is 0 Å². The Labute approximate surface area is 120 Å². The van der Waals surface area contributed by atoms with E-state index in [1.165, 1.54) is 24.1 Å². The van der Waals surface area contributed by atoms with Gasteiger partial charge in [0.25, 0.3) is 0 Å². The fourth-order valence-corrected chi connectivity index (χ4v) is 2.77.